The van der Waals surface area contributed by atoms with Crippen LogP contribution in [-0.4, -0.2) is 42.3 Å². The Bertz CT molecular complexity index is 599. The molecule has 4 nitrogen and oxygen atoms in total. The number of carbonyl (C=O) groups is 1. The molecule has 1 fully saturated rings. The molecule has 19 heavy (non-hydrogen) atoms. The largest absolute Gasteiger partial charge is 0.465 e. The minimum atomic E-state index is -0.822. The van der Waals surface area contributed by atoms with Crippen LogP contribution in [0.15, 0.2) is 42.5 Å². The fourth-order valence-electron chi connectivity index (χ4n) is 2.62. The predicted molar refractivity (Wildman–Crippen MR) is 75.8 cm³/mol. The van der Waals surface area contributed by atoms with E-state index in [1.54, 1.807) is 0 Å². The van der Waals surface area contributed by atoms with E-state index in [4.69, 9.17) is 5.11 Å². The van der Waals surface area contributed by atoms with E-state index in [9.17, 15) is 4.79 Å². The number of amides is 1. The number of fused-ring (bicyclic) bond motifs is 1. The van der Waals surface area contributed by atoms with Gasteiger partial charge in [0.2, 0.25) is 0 Å². The van der Waals surface area contributed by atoms with Crippen molar-refractivity contribution in [3.05, 3.63) is 42.5 Å². The molecule has 0 radical (unpaired) electrons. The van der Waals surface area contributed by atoms with Gasteiger partial charge in [-0.1, -0.05) is 36.4 Å². The summed E-state index contributed by atoms with van der Waals surface area (Å²) in [7, 11) is 0. The molecule has 3 rings (SSSR count). The topological polar surface area (TPSA) is 43.8 Å². The molecule has 0 bridgehead atoms. The van der Waals surface area contributed by atoms with E-state index in [0.717, 1.165) is 13.1 Å². The maximum Gasteiger partial charge on any atom is 0.407 e. The molecule has 0 spiro atoms. The quantitative estimate of drug-likeness (QED) is 0.853. The molecule has 0 atom stereocenters. The molecule has 1 aliphatic rings. The molecule has 0 aromatic heterocycles. The van der Waals surface area contributed by atoms with E-state index in [1.807, 2.05) is 12.1 Å². The van der Waals surface area contributed by atoms with E-state index in [1.165, 1.54) is 21.4 Å². The van der Waals surface area contributed by atoms with Crippen LogP contribution in [0.5, 0.6) is 0 Å². The third-order valence-corrected chi connectivity index (χ3v) is 3.66. The Labute approximate surface area is 111 Å². The summed E-state index contributed by atoms with van der Waals surface area (Å²) in [6.07, 6.45) is -0.822. The number of benzene rings is 2. The van der Waals surface area contributed by atoms with Crippen molar-refractivity contribution in [2.45, 2.75) is 0 Å². The Morgan fingerprint density at radius 2 is 1.63 bits per heavy atom. The summed E-state index contributed by atoms with van der Waals surface area (Å²) in [6, 6.07) is 14.6. The van der Waals surface area contributed by atoms with Crippen LogP contribution in [0.3, 0.4) is 0 Å². The summed E-state index contributed by atoms with van der Waals surface area (Å²) in [5.41, 5.74) is 1.20. The number of nitrogens with zero attached hydrogens (tertiary/aromatic N) is 2. The van der Waals surface area contributed by atoms with Gasteiger partial charge < -0.3 is 14.9 Å². The van der Waals surface area contributed by atoms with Crippen LogP contribution >= 0.6 is 0 Å². The maximum absolute atomic E-state index is 10.9. The van der Waals surface area contributed by atoms with E-state index >= 15 is 0 Å². The molecule has 1 aliphatic heterocycles. The second kappa shape index (κ2) is 4.80. The smallest absolute Gasteiger partial charge is 0.407 e. The van der Waals surface area contributed by atoms with Crippen LogP contribution in [0.4, 0.5) is 10.5 Å². The van der Waals surface area contributed by atoms with Gasteiger partial charge in [-0.15, -0.1) is 0 Å². The van der Waals surface area contributed by atoms with E-state index in [-0.39, 0.29) is 0 Å². The molecule has 0 saturated carbocycles. The standard InChI is InChI=1S/C15H16N2O2/c18-15(19)17-10-8-16(9-11-17)14-7-3-5-12-4-1-2-6-13(12)14/h1-7H,8-11H2,(H,18,19). The average Bonchev–Trinajstić information content (AvgIpc) is 2.47. The molecule has 0 aliphatic carbocycles. The van der Waals surface area contributed by atoms with Crippen LogP contribution in [0.25, 0.3) is 10.8 Å². The number of carboxylic acid groups (broad SMARTS) is 1. The van der Waals surface area contributed by atoms with Gasteiger partial charge in [0.1, 0.15) is 0 Å². The Hall–Kier alpha value is -2.23. The van der Waals surface area contributed by atoms with Crippen LogP contribution in [0, 0.1) is 0 Å². The molecule has 2 aromatic rings. The zero-order valence-corrected chi connectivity index (χ0v) is 10.6. The first kappa shape index (κ1) is 11.8. The molecular formula is C15H16N2O2. The second-order valence-electron chi connectivity index (χ2n) is 4.75. The molecular weight excluding hydrogens is 240 g/mol. The van der Waals surface area contributed by atoms with Crippen molar-refractivity contribution in [1.29, 1.82) is 0 Å². The van der Waals surface area contributed by atoms with Crippen LogP contribution in [-0.2, 0) is 0 Å². The minimum absolute atomic E-state index is 0.568. The molecule has 1 heterocycles. The molecule has 1 N–H and O–H groups in total. The van der Waals surface area contributed by atoms with E-state index < -0.39 is 6.09 Å². The molecule has 4 heteroatoms. The first-order valence-electron chi connectivity index (χ1n) is 6.46. The van der Waals surface area contributed by atoms with Gasteiger partial charge >= 0.3 is 6.09 Å². The zero-order valence-electron chi connectivity index (χ0n) is 10.6. The number of rotatable bonds is 1. The summed E-state index contributed by atoms with van der Waals surface area (Å²) < 4.78 is 0. The highest BCUT2D eigenvalue weighted by Gasteiger charge is 2.21. The highest BCUT2D eigenvalue weighted by molar-refractivity contribution is 5.94. The maximum atomic E-state index is 10.9. The first-order valence-corrected chi connectivity index (χ1v) is 6.46. The highest BCUT2D eigenvalue weighted by Crippen LogP contribution is 2.27. The zero-order chi connectivity index (χ0) is 13.2. The SMILES string of the molecule is O=C(O)N1CCN(c2cccc3ccccc23)CC1. The number of hydrogen-bond acceptors (Lipinski definition) is 2. The highest BCUT2D eigenvalue weighted by atomic mass is 16.4. The monoisotopic (exact) mass is 256 g/mol. The number of anilines is 1. The third kappa shape index (κ3) is 2.21. The normalized spacial score (nSPS) is 15.8. The molecule has 1 saturated heterocycles. The summed E-state index contributed by atoms with van der Waals surface area (Å²) in [4.78, 5) is 14.7. The molecule has 1 amide bonds. The van der Waals surface area contributed by atoms with Gasteiger partial charge in [-0.05, 0) is 11.5 Å². The lowest BCUT2D eigenvalue weighted by molar-refractivity contribution is 0.142. The van der Waals surface area contributed by atoms with Crippen molar-refractivity contribution < 1.29 is 9.90 Å². The van der Waals surface area contributed by atoms with Crippen molar-refractivity contribution in [3.63, 3.8) is 0 Å². The fourth-order valence-corrected chi connectivity index (χ4v) is 2.62. The predicted octanol–water partition coefficient (Wildman–Crippen LogP) is 2.64. The van der Waals surface area contributed by atoms with Gasteiger partial charge in [-0.2, -0.15) is 0 Å². The van der Waals surface area contributed by atoms with Gasteiger partial charge in [0.05, 0.1) is 0 Å². The van der Waals surface area contributed by atoms with Gasteiger partial charge in [0, 0.05) is 37.3 Å². The fraction of sp³-hybridized carbons (Fsp3) is 0.267. The third-order valence-electron chi connectivity index (χ3n) is 3.66. The Morgan fingerprint density at radius 3 is 2.37 bits per heavy atom. The summed E-state index contributed by atoms with van der Waals surface area (Å²) in [5, 5.41) is 11.4. The van der Waals surface area contributed by atoms with Crippen molar-refractivity contribution in [2.24, 2.45) is 0 Å². The van der Waals surface area contributed by atoms with Crippen LogP contribution in [0.2, 0.25) is 0 Å². The van der Waals surface area contributed by atoms with Crippen molar-refractivity contribution in [1.82, 2.24) is 4.90 Å². The summed E-state index contributed by atoms with van der Waals surface area (Å²) >= 11 is 0. The first-order chi connectivity index (χ1) is 9.25. The van der Waals surface area contributed by atoms with E-state index in [0.29, 0.717) is 13.1 Å². The Morgan fingerprint density at radius 1 is 0.947 bits per heavy atom. The van der Waals surface area contributed by atoms with E-state index in [2.05, 4.69) is 35.2 Å². The Kier molecular flexibility index (Phi) is 2.99. The van der Waals surface area contributed by atoms with Gasteiger partial charge in [0.15, 0.2) is 0 Å². The van der Waals surface area contributed by atoms with Crippen LogP contribution < -0.4 is 4.90 Å². The lowest BCUT2D eigenvalue weighted by Gasteiger charge is -2.35. The second-order valence-corrected chi connectivity index (χ2v) is 4.75. The number of piperazine rings is 1. The van der Waals surface area contributed by atoms with Crippen molar-refractivity contribution in [3.8, 4) is 0 Å². The summed E-state index contributed by atoms with van der Waals surface area (Å²) in [5.74, 6) is 0. The molecule has 2 aromatic carbocycles. The van der Waals surface area contributed by atoms with Crippen molar-refractivity contribution >= 4 is 22.6 Å². The minimum Gasteiger partial charge on any atom is -0.465 e. The van der Waals surface area contributed by atoms with Gasteiger partial charge in [0.25, 0.3) is 0 Å². The Balaban J connectivity index is 1.88. The average molecular weight is 256 g/mol. The van der Waals surface area contributed by atoms with Gasteiger partial charge in [-0.3, -0.25) is 0 Å². The summed E-state index contributed by atoms with van der Waals surface area (Å²) in [6.45, 7) is 2.64. The van der Waals surface area contributed by atoms with Gasteiger partial charge in [-0.25, -0.2) is 4.79 Å². The lowest BCUT2D eigenvalue weighted by Crippen LogP contribution is -2.48. The molecule has 98 valence electrons. The lowest BCUT2D eigenvalue weighted by atomic mass is 10.1. The van der Waals surface area contributed by atoms with Crippen molar-refractivity contribution in [2.75, 3.05) is 31.1 Å². The van der Waals surface area contributed by atoms with Crippen LogP contribution in [0.1, 0.15) is 0 Å². The molecule has 0 unspecified atom stereocenters. The number of hydrogen-bond donors (Lipinski definition) is 1.